The molecule has 284 valence electrons. The van der Waals surface area contributed by atoms with Crippen LogP contribution in [0.1, 0.15) is 168 Å². The number of unbranched alkanes of at least 4 members (excludes halogenated alkanes) is 13. The molecule has 0 saturated heterocycles. The Morgan fingerprint density at radius 2 is 0.900 bits per heavy atom. The molecule has 0 unspecified atom stereocenters. The van der Waals surface area contributed by atoms with E-state index < -0.39 is 6.10 Å². The van der Waals surface area contributed by atoms with E-state index >= 15 is 0 Å². The van der Waals surface area contributed by atoms with Crippen LogP contribution in [0.3, 0.4) is 0 Å². The monoisotopic (exact) mass is 695 g/mol. The summed E-state index contributed by atoms with van der Waals surface area (Å²) in [5, 5.41) is 9.55. The second-order valence-corrected chi connectivity index (χ2v) is 13.0. The third-order valence-corrected chi connectivity index (χ3v) is 8.19. The van der Waals surface area contributed by atoms with Crippen LogP contribution in [0.5, 0.6) is 0 Å². The van der Waals surface area contributed by atoms with Crippen LogP contribution in [0.2, 0.25) is 0 Å². The Kier molecular flexibility index (Phi) is 38.1. The molecule has 5 heteroatoms. The van der Waals surface area contributed by atoms with E-state index in [1.54, 1.807) is 0 Å². The highest BCUT2D eigenvalue weighted by Gasteiger charge is 2.15. The molecule has 0 heterocycles. The van der Waals surface area contributed by atoms with Crippen LogP contribution >= 0.6 is 0 Å². The van der Waals surface area contributed by atoms with Crippen LogP contribution in [-0.4, -0.2) is 36.4 Å². The number of ether oxygens (including phenoxy) is 2. The summed E-state index contributed by atoms with van der Waals surface area (Å²) in [6.45, 7) is 3.94. The van der Waals surface area contributed by atoms with E-state index in [1.165, 1.54) is 77.0 Å². The molecule has 0 rings (SSSR count). The molecule has 0 spiro atoms. The van der Waals surface area contributed by atoms with Crippen molar-refractivity contribution in [3.05, 3.63) is 85.1 Å². The van der Waals surface area contributed by atoms with Gasteiger partial charge in [-0.25, -0.2) is 0 Å². The fraction of sp³-hybridized carbons (Fsp3) is 0.644. The van der Waals surface area contributed by atoms with Crippen LogP contribution < -0.4 is 0 Å². The summed E-state index contributed by atoms with van der Waals surface area (Å²) in [6, 6.07) is 0. The molecule has 0 radical (unpaired) electrons. The molecular formula is C45H74O5. The molecule has 0 aliphatic carbocycles. The van der Waals surface area contributed by atoms with E-state index in [9.17, 15) is 14.7 Å². The summed E-state index contributed by atoms with van der Waals surface area (Å²) in [7, 11) is 0. The molecule has 0 saturated carbocycles. The molecule has 5 nitrogen and oxygen atoms in total. The average Bonchev–Trinajstić information content (AvgIpc) is 3.12. The minimum Gasteiger partial charge on any atom is -0.462 e. The van der Waals surface area contributed by atoms with Crippen LogP contribution in [0.15, 0.2) is 85.1 Å². The van der Waals surface area contributed by atoms with Crippen molar-refractivity contribution in [2.24, 2.45) is 0 Å². The van der Waals surface area contributed by atoms with Gasteiger partial charge in [0.15, 0.2) is 6.10 Å². The van der Waals surface area contributed by atoms with Gasteiger partial charge in [-0.1, -0.05) is 163 Å². The number of aliphatic hydroxyl groups excluding tert-OH is 1. The summed E-state index contributed by atoms with van der Waals surface area (Å²) in [5.74, 6) is -0.700. The Labute approximate surface area is 307 Å². The molecule has 0 aliphatic heterocycles. The topological polar surface area (TPSA) is 72.8 Å². The Bertz CT molecular complexity index is 968. The number of hydrogen-bond acceptors (Lipinski definition) is 5. The Morgan fingerprint density at radius 3 is 1.38 bits per heavy atom. The Hall–Kier alpha value is -2.92. The van der Waals surface area contributed by atoms with Gasteiger partial charge in [0.2, 0.25) is 0 Å². The fourth-order valence-corrected chi connectivity index (χ4v) is 5.16. The predicted molar refractivity (Wildman–Crippen MR) is 214 cm³/mol. The molecule has 0 aromatic heterocycles. The van der Waals surface area contributed by atoms with Crippen molar-refractivity contribution in [2.75, 3.05) is 13.2 Å². The first kappa shape index (κ1) is 47.1. The highest BCUT2D eigenvalue weighted by atomic mass is 16.6. The number of aliphatic hydroxyl groups is 1. The van der Waals surface area contributed by atoms with E-state index in [-0.39, 0.29) is 31.6 Å². The number of allylic oxidation sites excluding steroid dienone is 14. The molecule has 1 atom stereocenters. The molecule has 50 heavy (non-hydrogen) atoms. The summed E-state index contributed by atoms with van der Waals surface area (Å²) in [5.41, 5.74) is 0. The molecule has 0 fully saturated rings. The van der Waals surface area contributed by atoms with Crippen molar-refractivity contribution in [1.29, 1.82) is 0 Å². The maximum atomic E-state index is 12.2. The zero-order valence-corrected chi connectivity index (χ0v) is 32.1. The van der Waals surface area contributed by atoms with E-state index in [0.717, 1.165) is 57.8 Å². The molecule has 1 N–H and O–H groups in total. The summed E-state index contributed by atoms with van der Waals surface area (Å²) < 4.78 is 10.5. The van der Waals surface area contributed by atoms with Crippen LogP contribution in [0.25, 0.3) is 0 Å². The Balaban J connectivity index is 3.71. The minimum atomic E-state index is -0.808. The second-order valence-electron chi connectivity index (χ2n) is 13.0. The third-order valence-electron chi connectivity index (χ3n) is 8.19. The normalized spacial score (nSPS) is 13.1. The summed E-state index contributed by atoms with van der Waals surface area (Å²) in [4.78, 5) is 24.2. The van der Waals surface area contributed by atoms with Crippen molar-refractivity contribution < 1.29 is 24.2 Å². The van der Waals surface area contributed by atoms with Gasteiger partial charge in [0.05, 0.1) is 6.61 Å². The van der Waals surface area contributed by atoms with Gasteiger partial charge in [0, 0.05) is 12.8 Å². The first-order valence-electron chi connectivity index (χ1n) is 20.1. The number of carbonyl (C=O) groups excluding carboxylic acids is 2. The largest absolute Gasteiger partial charge is 0.462 e. The lowest BCUT2D eigenvalue weighted by molar-refractivity contribution is -0.161. The van der Waals surface area contributed by atoms with Gasteiger partial charge in [-0.2, -0.15) is 0 Å². The van der Waals surface area contributed by atoms with Crippen molar-refractivity contribution in [3.8, 4) is 0 Å². The van der Waals surface area contributed by atoms with Gasteiger partial charge in [0.1, 0.15) is 6.61 Å². The SMILES string of the molecule is CC/C=C/C/C=C/C/C=C/C/C=C/C/C=C/C/C=C/CCC(=O)OC[C@H](CO)OC(=O)CCCCCCCCC/C=C/CCCCCCCC. The van der Waals surface area contributed by atoms with Gasteiger partial charge in [-0.3, -0.25) is 9.59 Å². The van der Waals surface area contributed by atoms with Crippen LogP contribution in [0.4, 0.5) is 0 Å². The smallest absolute Gasteiger partial charge is 0.306 e. The molecular weight excluding hydrogens is 620 g/mol. The van der Waals surface area contributed by atoms with Gasteiger partial charge < -0.3 is 14.6 Å². The lowest BCUT2D eigenvalue weighted by Crippen LogP contribution is -2.28. The van der Waals surface area contributed by atoms with Crippen LogP contribution in [-0.2, 0) is 19.1 Å². The predicted octanol–water partition coefficient (Wildman–Crippen LogP) is 12.7. The first-order valence-corrected chi connectivity index (χ1v) is 20.1. The average molecular weight is 695 g/mol. The minimum absolute atomic E-state index is 0.112. The number of rotatable bonds is 35. The fourth-order valence-electron chi connectivity index (χ4n) is 5.16. The standard InChI is InChI=1S/C45H74O5/c1-3-5-7-9-11-13-15-17-19-21-22-24-25-27-29-31-33-35-37-39-44(47)49-42-43(41-46)50-45(48)40-38-36-34-32-30-28-26-23-20-18-16-14-12-10-8-6-4-2/h5,7,11,13,17-20,22,24,27,29,33,35,43,46H,3-4,6,8-10,12,14-16,21,23,25-26,28,30-32,34,36-42H2,1-2H3/b7-5+,13-11+,19-17+,20-18+,24-22+,29-27+,35-33+/t43-/m0/s1. The zero-order valence-electron chi connectivity index (χ0n) is 32.1. The highest BCUT2D eigenvalue weighted by molar-refractivity contribution is 5.70. The maximum absolute atomic E-state index is 12.2. The number of carbonyl (C=O) groups is 2. The first-order chi connectivity index (χ1) is 24.6. The molecule has 0 aliphatic rings. The molecule has 0 aromatic carbocycles. The molecule has 0 aromatic rings. The number of hydrogen-bond donors (Lipinski definition) is 1. The van der Waals surface area contributed by atoms with Crippen molar-refractivity contribution >= 4 is 11.9 Å². The molecule has 0 bridgehead atoms. The summed E-state index contributed by atoms with van der Waals surface area (Å²) in [6.07, 6.45) is 55.1. The zero-order chi connectivity index (χ0) is 36.4. The highest BCUT2D eigenvalue weighted by Crippen LogP contribution is 2.12. The van der Waals surface area contributed by atoms with Crippen LogP contribution in [0, 0.1) is 0 Å². The van der Waals surface area contributed by atoms with E-state index in [0.29, 0.717) is 12.8 Å². The third kappa shape index (κ3) is 37.9. The Morgan fingerprint density at radius 1 is 0.480 bits per heavy atom. The number of esters is 2. The van der Waals surface area contributed by atoms with Crippen molar-refractivity contribution in [3.63, 3.8) is 0 Å². The van der Waals surface area contributed by atoms with E-state index in [1.807, 2.05) is 12.2 Å². The lowest BCUT2D eigenvalue weighted by Gasteiger charge is -2.15. The van der Waals surface area contributed by atoms with Gasteiger partial charge in [-0.15, -0.1) is 0 Å². The maximum Gasteiger partial charge on any atom is 0.306 e. The quantitative estimate of drug-likeness (QED) is 0.0406. The van der Waals surface area contributed by atoms with E-state index in [4.69, 9.17) is 9.47 Å². The summed E-state index contributed by atoms with van der Waals surface area (Å²) >= 11 is 0. The lowest BCUT2D eigenvalue weighted by atomic mass is 10.1. The van der Waals surface area contributed by atoms with Crippen molar-refractivity contribution in [2.45, 2.75) is 174 Å². The van der Waals surface area contributed by atoms with Crippen molar-refractivity contribution in [1.82, 2.24) is 0 Å². The van der Waals surface area contributed by atoms with Gasteiger partial charge >= 0.3 is 11.9 Å². The van der Waals surface area contributed by atoms with E-state index in [2.05, 4.69) is 86.8 Å². The second kappa shape index (κ2) is 40.5. The molecule has 0 amide bonds. The van der Waals surface area contributed by atoms with Gasteiger partial charge in [-0.05, 0) is 77.0 Å². The van der Waals surface area contributed by atoms with Gasteiger partial charge in [0.25, 0.3) is 0 Å².